The molecule has 31 heavy (non-hydrogen) atoms. The van der Waals surface area contributed by atoms with Crippen molar-refractivity contribution in [1.82, 2.24) is 19.7 Å². The van der Waals surface area contributed by atoms with Gasteiger partial charge in [-0.1, -0.05) is 6.07 Å². The van der Waals surface area contributed by atoms with Crippen LogP contribution in [-0.4, -0.2) is 59.4 Å². The third-order valence-corrected chi connectivity index (χ3v) is 6.04. The van der Waals surface area contributed by atoms with Gasteiger partial charge in [0.05, 0.1) is 48.8 Å². The molecule has 1 N–H and O–H groups in total. The number of thiophene rings is 1. The van der Waals surface area contributed by atoms with Gasteiger partial charge in [0.1, 0.15) is 12.1 Å². The van der Waals surface area contributed by atoms with Crippen LogP contribution in [0.3, 0.4) is 0 Å². The highest BCUT2D eigenvalue weighted by Crippen LogP contribution is 2.26. The molecule has 0 saturated carbocycles. The normalized spacial score (nSPS) is 14.4. The van der Waals surface area contributed by atoms with Crippen molar-refractivity contribution in [1.29, 1.82) is 0 Å². The van der Waals surface area contributed by atoms with Crippen LogP contribution >= 0.6 is 11.3 Å². The number of morpholine rings is 1. The second kappa shape index (κ2) is 8.70. The molecule has 1 fully saturated rings. The van der Waals surface area contributed by atoms with Crippen molar-refractivity contribution in [2.45, 2.75) is 0 Å². The van der Waals surface area contributed by atoms with Crippen molar-refractivity contribution in [3.8, 4) is 11.4 Å². The molecule has 1 saturated heterocycles. The zero-order valence-corrected chi connectivity index (χ0v) is 17.7. The number of ether oxygens (including phenoxy) is 2. The highest BCUT2D eigenvalue weighted by Gasteiger charge is 2.13. The summed E-state index contributed by atoms with van der Waals surface area (Å²) in [6.07, 6.45) is 5.03. The molecular formula is C21H21N7O2S. The first-order chi connectivity index (χ1) is 15.3. The summed E-state index contributed by atoms with van der Waals surface area (Å²) in [4.78, 5) is 12.1. The minimum atomic E-state index is 0.598. The van der Waals surface area contributed by atoms with Crippen molar-refractivity contribution in [3.05, 3.63) is 53.8 Å². The highest BCUT2D eigenvalue weighted by atomic mass is 32.1. The second-order valence-electron chi connectivity index (χ2n) is 6.86. The summed E-state index contributed by atoms with van der Waals surface area (Å²) in [6, 6.07) is 11.8. The summed E-state index contributed by atoms with van der Waals surface area (Å²) in [5, 5.41) is 10.9. The van der Waals surface area contributed by atoms with Gasteiger partial charge in [-0.05, 0) is 24.3 Å². The van der Waals surface area contributed by atoms with Gasteiger partial charge in [0, 0.05) is 24.0 Å². The number of rotatable bonds is 6. The van der Waals surface area contributed by atoms with Gasteiger partial charge in [-0.2, -0.15) is 10.2 Å². The lowest BCUT2D eigenvalue weighted by molar-refractivity contribution is 0.123. The zero-order valence-electron chi connectivity index (χ0n) is 16.9. The fourth-order valence-corrected chi connectivity index (χ4v) is 4.32. The van der Waals surface area contributed by atoms with E-state index < -0.39 is 0 Å². The average molecular weight is 436 g/mol. The molecule has 1 aromatic carbocycles. The molecular weight excluding hydrogens is 414 g/mol. The zero-order chi connectivity index (χ0) is 21.0. The molecule has 4 heterocycles. The van der Waals surface area contributed by atoms with Crippen LogP contribution in [0.15, 0.2) is 54.0 Å². The Balaban J connectivity index is 1.34. The highest BCUT2D eigenvalue weighted by molar-refractivity contribution is 7.17. The number of anilines is 2. The van der Waals surface area contributed by atoms with Gasteiger partial charge >= 0.3 is 0 Å². The Morgan fingerprint density at radius 1 is 1.19 bits per heavy atom. The van der Waals surface area contributed by atoms with Gasteiger partial charge in [0.15, 0.2) is 11.5 Å². The smallest absolute Gasteiger partial charge is 0.168 e. The van der Waals surface area contributed by atoms with Gasteiger partial charge in [0.25, 0.3) is 0 Å². The van der Waals surface area contributed by atoms with Crippen molar-refractivity contribution in [2.75, 3.05) is 43.7 Å². The first kappa shape index (κ1) is 19.5. The Bertz CT molecular complexity index is 1210. The molecule has 0 bridgehead atoms. The van der Waals surface area contributed by atoms with Crippen molar-refractivity contribution >= 4 is 39.4 Å². The van der Waals surface area contributed by atoms with Crippen molar-refractivity contribution in [2.24, 2.45) is 5.10 Å². The number of benzene rings is 1. The molecule has 0 spiro atoms. The van der Waals surface area contributed by atoms with E-state index in [1.54, 1.807) is 35.5 Å². The fraction of sp³-hybridized carbons (Fsp3) is 0.238. The predicted molar refractivity (Wildman–Crippen MR) is 122 cm³/mol. The number of fused-ring (bicyclic) bond motifs is 1. The molecule has 1 aliphatic rings. The number of hydrogen-bond acceptors (Lipinski definition) is 9. The number of hydrogen-bond donors (Lipinski definition) is 1. The average Bonchev–Trinajstić information content (AvgIpc) is 3.48. The van der Waals surface area contributed by atoms with E-state index in [4.69, 9.17) is 9.47 Å². The maximum absolute atomic E-state index is 5.42. The van der Waals surface area contributed by atoms with E-state index >= 15 is 0 Å². The van der Waals surface area contributed by atoms with Crippen LogP contribution in [0.25, 0.3) is 16.7 Å². The standard InChI is InChI=1S/C21H21N7O2S/c1-29-16-4-2-3-15(11-16)28-21-18(13-25-28)20(22-14-23-21)26-24-12-17-5-6-19(31-17)27-7-9-30-10-8-27/h2-6,11-14H,7-10H2,1H3,(H,22,23,26). The van der Waals surface area contributed by atoms with E-state index in [1.807, 2.05) is 24.3 Å². The number of methoxy groups -OCH3 is 1. The summed E-state index contributed by atoms with van der Waals surface area (Å²) < 4.78 is 12.5. The SMILES string of the molecule is COc1cccc(-n2ncc3c(NN=Cc4ccc(N5CCOCC5)s4)ncnc32)c1. The van der Waals surface area contributed by atoms with Crippen LogP contribution in [0, 0.1) is 0 Å². The lowest BCUT2D eigenvalue weighted by Gasteiger charge is -2.27. The topological polar surface area (TPSA) is 89.7 Å². The molecule has 10 heteroatoms. The van der Waals surface area contributed by atoms with Crippen LogP contribution in [0.1, 0.15) is 4.88 Å². The van der Waals surface area contributed by atoms with Crippen molar-refractivity contribution < 1.29 is 9.47 Å². The summed E-state index contributed by atoms with van der Waals surface area (Å²) in [5.41, 5.74) is 4.57. The van der Waals surface area contributed by atoms with E-state index in [2.05, 4.69) is 42.6 Å². The van der Waals surface area contributed by atoms with Crippen LogP contribution in [0.5, 0.6) is 5.75 Å². The maximum atomic E-state index is 5.42. The van der Waals surface area contributed by atoms with E-state index in [9.17, 15) is 0 Å². The monoisotopic (exact) mass is 435 g/mol. The van der Waals surface area contributed by atoms with Crippen LogP contribution in [0.4, 0.5) is 10.8 Å². The lowest BCUT2D eigenvalue weighted by Crippen LogP contribution is -2.35. The molecule has 5 rings (SSSR count). The van der Waals surface area contributed by atoms with Crippen molar-refractivity contribution in [3.63, 3.8) is 0 Å². The molecule has 158 valence electrons. The van der Waals surface area contributed by atoms with E-state index in [0.717, 1.165) is 48.0 Å². The number of hydrazone groups is 1. The Kier molecular flexibility index (Phi) is 5.46. The van der Waals surface area contributed by atoms with Crippen LogP contribution < -0.4 is 15.1 Å². The Labute approximate surface area is 183 Å². The quantitative estimate of drug-likeness (QED) is 0.367. The molecule has 0 unspecified atom stereocenters. The summed E-state index contributed by atoms with van der Waals surface area (Å²) in [5.74, 6) is 1.35. The summed E-state index contributed by atoms with van der Waals surface area (Å²) >= 11 is 1.70. The van der Waals surface area contributed by atoms with Gasteiger partial charge < -0.3 is 14.4 Å². The number of aromatic nitrogens is 4. The first-order valence-electron chi connectivity index (χ1n) is 9.86. The number of nitrogens with zero attached hydrogens (tertiary/aromatic N) is 6. The van der Waals surface area contributed by atoms with E-state index in [0.29, 0.717) is 11.5 Å². The van der Waals surface area contributed by atoms with Gasteiger partial charge in [-0.25, -0.2) is 14.6 Å². The number of nitrogens with one attached hydrogen (secondary N) is 1. The summed E-state index contributed by atoms with van der Waals surface area (Å²) in [6.45, 7) is 3.39. The fourth-order valence-electron chi connectivity index (χ4n) is 3.39. The third-order valence-electron chi connectivity index (χ3n) is 4.96. The summed E-state index contributed by atoms with van der Waals surface area (Å²) in [7, 11) is 1.64. The minimum absolute atomic E-state index is 0.598. The minimum Gasteiger partial charge on any atom is -0.497 e. The molecule has 1 aliphatic heterocycles. The molecule has 0 amide bonds. The molecule has 0 atom stereocenters. The molecule has 0 radical (unpaired) electrons. The predicted octanol–water partition coefficient (Wildman–Crippen LogP) is 3.17. The Morgan fingerprint density at radius 2 is 2.10 bits per heavy atom. The van der Waals surface area contributed by atoms with Crippen LogP contribution in [0.2, 0.25) is 0 Å². The van der Waals surface area contributed by atoms with Gasteiger partial charge in [-0.3, -0.25) is 5.43 Å². The molecule has 9 nitrogen and oxygen atoms in total. The first-order valence-corrected chi connectivity index (χ1v) is 10.7. The third kappa shape index (κ3) is 4.07. The van der Waals surface area contributed by atoms with E-state index in [-0.39, 0.29) is 0 Å². The molecule has 4 aromatic rings. The molecule has 0 aliphatic carbocycles. The largest absolute Gasteiger partial charge is 0.497 e. The maximum Gasteiger partial charge on any atom is 0.168 e. The van der Waals surface area contributed by atoms with E-state index in [1.165, 1.54) is 11.3 Å². The lowest BCUT2D eigenvalue weighted by atomic mass is 10.3. The Hall–Kier alpha value is -3.50. The second-order valence-corrected chi connectivity index (χ2v) is 7.96. The molecule has 3 aromatic heterocycles. The van der Waals surface area contributed by atoms with Gasteiger partial charge in [-0.15, -0.1) is 11.3 Å². The van der Waals surface area contributed by atoms with Crippen LogP contribution in [-0.2, 0) is 4.74 Å². The Morgan fingerprint density at radius 3 is 2.97 bits per heavy atom. The van der Waals surface area contributed by atoms with Gasteiger partial charge in [0.2, 0.25) is 0 Å².